The molecule has 0 N–H and O–H groups in total. The molecule has 0 heterocycles. The summed E-state index contributed by atoms with van der Waals surface area (Å²) in [6.45, 7) is 0. The second-order valence-corrected chi connectivity index (χ2v) is 0. The molecule has 0 aliphatic rings. The Morgan fingerprint density at radius 2 is 1.00 bits per heavy atom. The molecule has 0 aromatic rings. The summed E-state index contributed by atoms with van der Waals surface area (Å²) in [6.07, 6.45) is 0. The topological polar surface area (TPSA) is 0 Å². The van der Waals surface area contributed by atoms with Crippen molar-refractivity contribution in [2.45, 2.75) is 0 Å². The van der Waals surface area contributed by atoms with Crippen molar-refractivity contribution in [2.75, 3.05) is 0 Å². The molecular formula is H7AgPbSSb. The first-order valence-corrected chi connectivity index (χ1v) is 0. The average Bonchev–Trinajstić information content (AvgIpc) is 0. The molecule has 0 aliphatic carbocycles. The SMILES string of the molecule is S.[Ag].[PbH2].[SbH3]. The third-order valence-corrected chi connectivity index (χ3v) is 0. The van der Waals surface area contributed by atoms with E-state index in [2.05, 4.69) is 0 Å². The van der Waals surface area contributed by atoms with Crippen molar-refractivity contribution in [1.29, 1.82) is 0 Å². The van der Waals surface area contributed by atoms with E-state index >= 15 is 0 Å². The maximum absolute atomic E-state index is 0. The van der Waals surface area contributed by atoms with E-state index in [0.717, 1.165) is 0 Å². The summed E-state index contributed by atoms with van der Waals surface area (Å²) in [6, 6.07) is 0. The van der Waals surface area contributed by atoms with Crippen molar-refractivity contribution in [3.05, 3.63) is 0 Å². The Morgan fingerprint density at radius 3 is 1.00 bits per heavy atom. The van der Waals surface area contributed by atoms with Crippen molar-refractivity contribution >= 4 is 65.2 Å². The molecular weight excluding hydrogens is 469 g/mol. The van der Waals surface area contributed by atoms with E-state index in [0.29, 0.717) is 0 Å². The summed E-state index contributed by atoms with van der Waals surface area (Å²) in [4.78, 5) is 0. The van der Waals surface area contributed by atoms with Gasteiger partial charge in [-0.25, -0.2) is 0 Å². The zero-order chi connectivity index (χ0) is 0. The van der Waals surface area contributed by atoms with Gasteiger partial charge in [0.2, 0.25) is 0 Å². The van der Waals surface area contributed by atoms with E-state index in [-0.39, 0.29) is 87.6 Å². The Hall–Kier alpha value is 2.83. The fraction of sp³-hybridized carbons (Fsp3) is 0. The summed E-state index contributed by atoms with van der Waals surface area (Å²) >= 11 is 0. The number of hydrogen-bond acceptors (Lipinski definition) is 0. The van der Waals surface area contributed by atoms with Crippen molar-refractivity contribution in [3.8, 4) is 0 Å². The van der Waals surface area contributed by atoms with Gasteiger partial charge in [0.1, 0.15) is 0 Å². The molecule has 0 atom stereocenters. The Kier molecular flexibility index (Phi) is 123. The second kappa shape index (κ2) is 17.0. The molecule has 4 heteroatoms. The molecule has 0 saturated carbocycles. The van der Waals surface area contributed by atoms with Crippen molar-refractivity contribution in [2.24, 2.45) is 0 Å². The van der Waals surface area contributed by atoms with Crippen molar-refractivity contribution in [3.63, 3.8) is 0 Å². The molecule has 0 unspecified atom stereocenters. The summed E-state index contributed by atoms with van der Waals surface area (Å²) in [5.41, 5.74) is 0. The van der Waals surface area contributed by atoms with E-state index in [9.17, 15) is 0 Å². The van der Waals surface area contributed by atoms with E-state index < -0.39 is 0 Å². The van der Waals surface area contributed by atoms with Crippen LogP contribution in [0.15, 0.2) is 0 Å². The van der Waals surface area contributed by atoms with Crippen LogP contribution in [0.4, 0.5) is 0 Å². The van der Waals surface area contributed by atoms with Gasteiger partial charge in [-0.05, 0) is 0 Å². The molecule has 33 valence electrons. The van der Waals surface area contributed by atoms with Gasteiger partial charge in [0.05, 0.1) is 0 Å². The maximum atomic E-state index is 0. The summed E-state index contributed by atoms with van der Waals surface area (Å²) < 4.78 is 0. The molecule has 0 rings (SSSR count). The molecule has 0 amide bonds. The van der Waals surface area contributed by atoms with Gasteiger partial charge < -0.3 is 0 Å². The fourth-order valence-electron chi connectivity index (χ4n) is 0. The van der Waals surface area contributed by atoms with Crippen LogP contribution in [0, 0.1) is 0 Å². The molecule has 0 saturated heterocycles. The monoisotopic (exact) mass is 475 g/mol. The van der Waals surface area contributed by atoms with Crippen LogP contribution >= 0.6 is 13.5 Å². The van der Waals surface area contributed by atoms with Gasteiger partial charge in [0.25, 0.3) is 0 Å². The molecule has 3 radical (unpaired) electrons. The van der Waals surface area contributed by atoms with Crippen LogP contribution in [0.25, 0.3) is 0 Å². The minimum atomic E-state index is 0. The van der Waals surface area contributed by atoms with Crippen LogP contribution in [0.5, 0.6) is 0 Å². The van der Waals surface area contributed by atoms with Crippen LogP contribution in [-0.2, 0) is 22.4 Å². The van der Waals surface area contributed by atoms with Gasteiger partial charge in [-0.15, -0.1) is 0 Å². The number of hydrogen-bond donors (Lipinski definition) is 0. The molecule has 0 fully saturated rings. The van der Waals surface area contributed by atoms with Crippen LogP contribution in [0.3, 0.4) is 0 Å². The Balaban J connectivity index is 0. The third kappa shape index (κ3) is 8.85. The normalized spacial score (nSPS) is 0. The minimum absolute atomic E-state index is 0. The zero-order valence-electron chi connectivity index (χ0n) is 2.22. The van der Waals surface area contributed by atoms with Gasteiger partial charge in [0.15, 0.2) is 0 Å². The Labute approximate surface area is 86.0 Å². The molecule has 0 aromatic carbocycles. The van der Waals surface area contributed by atoms with Gasteiger partial charge >= 0.3 is 51.7 Å². The first-order valence-electron chi connectivity index (χ1n) is 0. The number of rotatable bonds is 0. The van der Waals surface area contributed by atoms with Gasteiger partial charge in [0, 0.05) is 22.4 Å². The quantitative estimate of drug-likeness (QED) is 0.356. The first kappa shape index (κ1) is 29.0. The van der Waals surface area contributed by atoms with Gasteiger partial charge in [-0.3, -0.25) is 0 Å². The molecule has 0 aliphatic heterocycles. The second-order valence-electron chi connectivity index (χ2n) is 0. The van der Waals surface area contributed by atoms with Crippen LogP contribution in [0.1, 0.15) is 0 Å². The van der Waals surface area contributed by atoms with E-state index in [1.165, 1.54) is 0 Å². The van der Waals surface area contributed by atoms with Gasteiger partial charge in [-0.2, -0.15) is 13.5 Å². The zero-order valence-corrected chi connectivity index (χ0v) is 14.2. The van der Waals surface area contributed by atoms with Crippen LogP contribution in [-0.4, -0.2) is 51.7 Å². The molecule has 0 bridgehead atoms. The van der Waals surface area contributed by atoms with Crippen molar-refractivity contribution in [1.82, 2.24) is 0 Å². The molecule has 0 nitrogen and oxygen atoms in total. The third-order valence-electron chi connectivity index (χ3n) is 0. The van der Waals surface area contributed by atoms with Crippen molar-refractivity contribution < 1.29 is 22.4 Å². The standard InChI is InChI=1S/Ag.Pb.H2S.Sb.5H/h;;1H2;;;;;;. The first-order chi connectivity index (χ1) is 0. The van der Waals surface area contributed by atoms with Crippen LogP contribution < -0.4 is 0 Å². The van der Waals surface area contributed by atoms with E-state index in [1.807, 2.05) is 0 Å². The predicted octanol–water partition coefficient (Wildman–Crippen LogP) is -1.99. The Morgan fingerprint density at radius 1 is 1.00 bits per heavy atom. The van der Waals surface area contributed by atoms with Crippen LogP contribution in [0.2, 0.25) is 0 Å². The predicted molar refractivity (Wildman–Crippen MR) is 28.9 cm³/mol. The summed E-state index contributed by atoms with van der Waals surface area (Å²) in [5, 5.41) is 0. The summed E-state index contributed by atoms with van der Waals surface area (Å²) in [7, 11) is 0. The van der Waals surface area contributed by atoms with E-state index in [4.69, 9.17) is 0 Å². The molecule has 0 spiro atoms. The fourth-order valence-corrected chi connectivity index (χ4v) is 0. The average molecular weight is 476 g/mol. The molecule has 0 aromatic heterocycles. The van der Waals surface area contributed by atoms with Gasteiger partial charge in [-0.1, -0.05) is 0 Å². The summed E-state index contributed by atoms with van der Waals surface area (Å²) in [5.74, 6) is 0. The Bertz CT molecular complexity index is 8.00. The molecule has 4 heavy (non-hydrogen) atoms. The van der Waals surface area contributed by atoms with E-state index in [1.54, 1.807) is 0 Å².